The molecule has 5 aromatic rings. The van der Waals surface area contributed by atoms with Crippen molar-refractivity contribution >= 4 is 46.2 Å². The predicted molar refractivity (Wildman–Crippen MR) is 209 cm³/mol. The largest absolute Gasteiger partial charge is 0.457 e. The van der Waals surface area contributed by atoms with Gasteiger partial charge in [-0.2, -0.15) is 5.10 Å². The van der Waals surface area contributed by atoms with Crippen LogP contribution in [0.4, 0.5) is 11.5 Å². The van der Waals surface area contributed by atoms with Gasteiger partial charge in [-0.1, -0.05) is 18.2 Å². The Hall–Kier alpha value is -6.15. The van der Waals surface area contributed by atoms with Crippen LogP contribution in [0.3, 0.4) is 0 Å². The highest BCUT2D eigenvalue weighted by molar-refractivity contribution is 6.23. The maximum absolute atomic E-state index is 13.4. The van der Waals surface area contributed by atoms with E-state index in [4.69, 9.17) is 15.6 Å². The number of anilines is 2. The van der Waals surface area contributed by atoms with E-state index < -0.39 is 29.7 Å². The molecule has 3 aromatic carbocycles. The smallest absolute Gasteiger partial charge is 0.262 e. The third-order valence-corrected chi connectivity index (χ3v) is 11.7. The number of fused-ring (bicyclic) bond motifs is 2. The summed E-state index contributed by atoms with van der Waals surface area (Å²) in [4.78, 5) is 63.0. The SMILES string of the molecule is Nc1ncnc2c1c(-c1ccc(Oc3ccccc3)cc1)nn2C1CCC(CNC2CCCN(c3ccc4c(c3)C(=O)N(C3CCC(=O)NC3=O)C4=O)C2)CC1. The fourth-order valence-corrected chi connectivity index (χ4v) is 8.72. The van der Waals surface area contributed by atoms with Crippen molar-refractivity contribution in [2.24, 2.45) is 5.92 Å². The van der Waals surface area contributed by atoms with Gasteiger partial charge in [0.25, 0.3) is 11.8 Å². The molecule has 3 fully saturated rings. The highest BCUT2D eigenvalue weighted by Crippen LogP contribution is 2.38. The highest BCUT2D eigenvalue weighted by atomic mass is 16.5. The van der Waals surface area contributed by atoms with Crippen LogP contribution in [0.2, 0.25) is 0 Å². The molecule has 2 unspecified atom stereocenters. The lowest BCUT2D eigenvalue weighted by atomic mass is 9.85. The van der Waals surface area contributed by atoms with Crippen molar-refractivity contribution in [1.82, 2.24) is 35.3 Å². The number of ether oxygens (including phenoxy) is 1. The number of nitrogen functional groups attached to an aromatic ring is 1. The Morgan fingerprint density at radius 2 is 1.61 bits per heavy atom. The molecule has 5 heterocycles. The Bertz CT molecular complexity index is 2320. The summed E-state index contributed by atoms with van der Waals surface area (Å²) in [5.41, 5.74) is 10.4. The second-order valence-corrected chi connectivity index (χ2v) is 15.2. The standard InChI is InChI=1S/C42H43N9O5/c43-38-36-37(26-10-15-31(16-11-26)56-30-6-2-1-3-7-30)48-51(39(36)46-24-45-38)28-12-8-25(9-13-28)22-44-27-5-4-20-49(23-27)29-14-17-32-33(21-29)42(55)50(41(32)54)34-18-19-35(52)47-40(34)53/h1-3,6-7,10-11,14-17,21,24-25,27-28,34,44H,4-5,8-9,12-13,18-20,22-23H2,(H2,43,45,46)(H,47,52,53). The van der Waals surface area contributed by atoms with Crippen molar-refractivity contribution in [3.8, 4) is 22.8 Å². The number of rotatable bonds is 9. The van der Waals surface area contributed by atoms with Gasteiger partial charge in [0.1, 0.15) is 35.4 Å². The zero-order chi connectivity index (χ0) is 38.3. The minimum absolute atomic E-state index is 0.0918. The Balaban J connectivity index is 0.817. The fourth-order valence-electron chi connectivity index (χ4n) is 8.72. The number of piperidine rings is 2. The van der Waals surface area contributed by atoms with Crippen LogP contribution < -0.4 is 26.0 Å². The van der Waals surface area contributed by atoms with Crippen LogP contribution in [0.15, 0.2) is 79.1 Å². The van der Waals surface area contributed by atoms with Crippen LogP contribution in [-0.2, 0) is 9.59 Å². The van der Waals surface area contributed by atoms with Crippen LogP contribution in [0.1, 0.15) is 78.1 Å². The third kappa shape index (κ3) is 6.74. The molecule has 4 amide bonds. The molecular weight excluding hydrogens is 711 g/mol. The van der Waals surface area contributed by atoms with E-state index in [0.717, 1.165) is 103 Å². The topological polar surface area (TPSA) is 178 Å². The molecule has 14 heteroatoms. The Labute approximate surface area is 323 Å². The van der Waals surface area contributed by atoms with Gasteiger partial charge in [0, 0.05) is 36.8 Å². The first kappa shape index (κ1) is 35.5. The Morgan fingerprint density at radius 3 is 2.39 bits per heavy atom. The summed E-state index contributed by atoms with van der Waals surface area (Å²) < 4.78 is 8.05. The summed E-state index contributed by atoms with van der Waals surface area (Å²) in [6.07, 6.45) is 7.86. The number of amides is 4. The second-order valence-electron chi connectivity index (χ2n) is 15.2. The second kappa shape index (κ2) is 14.8. The van der Waals surface area contributed by atoms with Gasteiger partial charge in [0.15, 0.2) is 5.65 Å². The Kier molecular flexibility index (Phi) is 9.41. The van der Waals surface area contributed by atoms with Gasteiger partial charge in [0.2, 0.25) is 11.8 Å². The first-order valence-electron chi connectivity index (χ1n) is 19.5. The van der Waals surface area contributed by atoms with Crippen molar-refractivity contribution in [3.05, 3.63) is 90.3 Å². The number of nitrogens with two attached hydrogens (primary N) is 1. The number of nitrogens with zero attached hydrogens (tertiary/aromatic N) is 6. The third-order valence-electron chi connectivity index (χ3n) is 11.7. The first-order chi connectivity index (χ1) is 27.3. The summed E-state index contributed by atoms with van der Waals surface area (Å²) in [5.74, 6) is 0.481. The van der Waals surface area contributed by atoms with Gasteiger partial charge >= 0.3 is 0 Å². The molecule has 56 heavy (non-hydrogen) atoms. The number of benzene rings is 3. The molecule has 0 spiro atoms. The molecule has 14 nitrogen and oxygen atoms in total. The number of para-hydroxylation sites is 1. The highest BCUT2D eigenvalue weighted by Gasteiger charge is 2.45. The summed E-state index contributed by atoms with van der Waals surface area (Å²) in [6, 6.07) is 22.4. The number of imide groups is 2. The van der Waals surface area contributed by atoms with Crippen LogP contribution in [0.5, 0.6) is 11.5 Å². The molecule has 4 aliphatic rings. The van der Waals surface area contributed by atoms with Crippen molar-refractivity contribution < 1.29 is 23.9 Å². The van der Waals surface area contributed by atoms with Gasteiger partial charge < -0.3 is 20.7 Å². The van der Waals surface area contributed by atoms with E-state index in [2.05, 4.69) is 30.2 Å². The lowest BCUT2D eigenvalue weighted by Crippen LogP contribution is -2.54. The molecule has 2 aromatic heterocycles. The molecular formula is C42H43N9O5. The molecule has 3 aliphatic heterocycles. The van der Waals surface area contributed by atoms with E-state index in [1.165, 1.54) is 6.33 Å². The van der Waals surface area contributed by atoms with E-state index in [9.17, 15) is 19.2 Å². The lowest BCUT2D eigenvalue weighted by Gasteiger charge is -2.36. The summed E-state index contributed by atoms with van der Waals surface area (Å²) in [5, 5.41) is 12.0. The molecule has 0 bridgehead atoms. The average Bonchev–Trinajstić information content (AvgIpc) is 3.73. The van der Waals surface area contributed by atoms with Crippen LogP contribution in [0.25, 0.3) is 22.3 Å². The zero-order valence-corrected chi connectivity index (χ0v) is 30.9. The van der Waals surface area contributed by atoms with Gasteiger partial charge in [-0.15, -0.1) is 0 Å². The molecule has 0 radical (unpaired) electrons. The average molecular weight is 754 g/mol. The number of carbonyl (C=O) groups excluding carboxylic acids is 4. The lowest BCUT2D eigenvalue weighted by molar-refractivity contribution is -0.136. The monoisotopic (exact) mass is 753 g/mol. The molecule has 9 rings (SSSR count). The van der Waals surface area contributed by atoms with Crippen LogP contribution in [0, 0.1) is 5.92 Å². The Morgan fingerprint density at radius 1 is 0.839 bits per heavy atom. The maximum atomic E-state index is 13.4. The minimum atomic E-state index is -0.976. The number of hydrogen-bond donors (Lipinski definition) is 3. The first-order valence-corrected chi connectivity index (χ1v) is 19.5. The van der Waals surface area contributed by atoms with Gasteiger partial charge in [-0.25, -0.2) is 14.6 Å². The van der Waals surface area contributed by atoms with Crippen LogP contribution >= 0.6 is 0 Å². The van der Waals surface area contributed by atoms with E-state index >= 15 is 0 Å². The molecule has 2 saturated heterocycles. The van der Waals surface area contributed by atoms with Crippen LogP contribution in [-0.4, -0.2) is 80.0 Å². The number of nitrogens with one attached hydrogen (secondary N) is 2. The van der Waals surface area contributed by atoms with E-state index in [-0.39, 0.29) is 24.9 Å². The van der Waals surface area contributed by atoms with E-state index in [1.54, 1.807) is 12.1 Å². The normalized spacial score (nSPS) is 22.7. The maximum Gasteiger partial charge on any atom is 0.262 e. The summed E-state index contributed by atoms with van der Waals surface area (Å²) >= 11 is 0. The fraction of sp³-hybridized carbons (Fsp3) is 0.357. The molecule has 286 valence electrons. The quantitative estimate of drug-likeness (QED) is 0.167. The molecule has 2 atom stereocenters. The van der Waals surface area contributed by atoms with Gasteiger partial charge in [-0.3, -0.25) is 29.4 Å². The summed E-state index contributed by atoms with van der Waals surface area (Å²) in [6.45, 7) is 2.55. The predicted octanol–water partition coefficient (Wildman–Crippen LogP) is 5.26. The van der Waals surface area contributed by atoms with E-state index in [1.807, 2.05) is 60.7 Å². The summed E-state index contributed by atoms with van der Waals surface area (Å²) in [7, 11) is 0. The molecule has 1 saturated carbocycles. The number of hydrogen-bond acceptors (Lipinski definition) is 11. The van der Waals surface area contributed by atoms with Crippen molar-refractivity contribution in [1.29, 1.82) is 0 Å². The van der Waals surface area contributed by atoms with Gasteiger partial charge in [-0.05, 0) is 112 Å². The zero-order valence-electron chi connectivity index (χ0n) is 30.9. The molecule has 1 aliphatic carbocycles. The van der Waals surface area contributed by atoms with Gasteiger partial charge in [0.05, 0.1) is 22.6 Å². The van der Waals surface area contributed by atoms with Crippen molar-refractivity contribution in [2.75, 3.05) is 30.3 Å². The molecule has 4 N–H and O–H groups in total. The van der Waals surface area contributed by atoms with Crippen molar-refractivity contribution in [2.45, 2.75) is 69.5 Å². The number of aromatic nitrogens is 4. The van der Waals surface area contributed by atoms with Crippen molar-refractivity contribution in [3.63, 3.8) is 0 Å². The minimum Gasteiger partial charge on any atom is -0.457 e. The number of carbonyl (C=O) groups is 4. The van der Waals surface area contributed by atoms with E-state index in [0.29, 0.717) is 22.9 Å².